The third kappa shape index (κ3) is 5.07. The van der Waals surface area contributed by atoms with Gasteiger partial charge in [0.25, 0.3) is 0 Å². The van der Waals surface area contributed by atoms with Crippen LogP contribution in [0.4, 0.5) is 5.13 Å². The normalized spacial score (nSPS) is 11.7. The number of anilines is 1. The number of nitrogens with zero attached hydrogens (tertiary/aromatic N) is 1. The van der Waals surface area contributed by atoms with Crippen LogP contribution in [-0.2, 0) is 9.59 Å². The Morgan fingerprint density at radius 1 is 1.35 bits per heavy atom. The molecule has 3 N–H and O–H groups in total. The number of carbonyl (C=O) groups excluding carboxylic acids is 2. The molecule has 2 amide bonds. The molecule has 0 spiro atoms. The van der Waals surface area contributed by atoms with Crippen LogP contribution in [-0.4, -0.2) is 35.9 Å². The second kappa shape index (κ2) is 8.28. The van der Waals surface area contributed by atoms with Crippen LogP contribution >= 0.6 is 11.3 Å². The van der Waals surface area contributed by atoms with E-state index in [9.17, 15) is 9.59 Å². The highest BCUT2D eigenvalue weighted by Gasteiger charge is 2.17. The Bertz CT molecular complexity index is 665. The minimum absolute atomic E-state index is 0.216. The second-order valence-electron chi connectivity index (χ2n) is 4.98. The Hall–Kier alpha value is -2.41. The van der Waals surface area contributed by atoms with Gasteiger partial charge in [-0.2, -0.15) is 0 Å². The molecule has 7 heteroatoms. The van der Waals surface area contributed by atoms with Gasteiger partial charge in [-0.05, 0) is 18.6 Å². The number of fused-ring (bicyclic) bond motifs is 1. The van der Waals surface area contributed by atoms with Crippen molar-refractivity contribution in [3.05, 3.63) is 36.9 Å². The first-order valence-electron chi connectivity index (χ1n) is 7.35. The number of amides is 2. The molecular weight excluding hydrogens is 312 g/mol. The van der Waals surface area contributed by atoms with Gasteiger partial charge in [0.1, 0.15) is 6.04 Å². The van der Waals surface area contributed by atoms with E-state index in [0.29, 0.717) is 19.5 Å². The maximum atomic E-state index is 12.0. The van der Waals surface area contributed by atoms with E-state index in [2.05, 4.69) is 27.5 Å². The van der Waals surface area contributed by atoms with Crippen LogP contribution in [0.25, 0.3) is 10.2 Å². The smallest absolute Gasteiger partial charge is 0.242 e. The van der Waals surface area contributed by atoms with Crippen LogP contribution in [0.15, 0.2) is 36.9 Å². The van der Waals surface area contributed by atoms with E-state index in [0.717, 1.165) is 15.3 Å². The van der Waals surface area contributed by atoms with Crippen LogP contribution in [0.1, 0.15) is 13.3 Å². The van der Waals surface area contributed by atoms with Crippen molar-refractivity contribution in [2.24, 2.45) is 0 Å². The molecular formula is C16H20N4O2S. The molecule has 0 saturated heterocycles. The zero-order valence-electron chi connectivity index (χ0n) is 13.0. The van der Waals surface area contributed by atoms with Crippen LogP contribution in [0, 0.1) is 0 Å². The standard InChI is InChI=1S/C16H20N4O2S/c1-3-6-13(19-11(2)21)15(22)17-9-10-18-16-20-12-7-4-5-8-14(12)23-16/h3-5,7-8,13H,1,6,9-10H2,2H3,(H,17,22)(H,18,20)(H,19,21)/t13-/m1/s1. The molecule has 0 aliphatic heterocycles. The molecule has 1 aromatic heterocycles. The lowest BCUT2D eigenvalue weighted by molar-refractivity contribution is -0.127. The SMILES string of the molecule is C=CC[C@@H](NC(C)=O)C(=O)NCCNc1nc2ccccc2s1. The van der Waals surface area contributed by atoms with Crippen molar-refractivity contribution in [1.29, 1.82) is 0 Å². The lowest BCUT2D eigenvalue weighted by atomic mass is 10.2. The number of thiazole rings is 1. The monoisotopic (exact) mass is 332 g/mol. The summed E-state index contributed by atoms with van der Waals surface area (Å²) in [6, 6.07) is 7.34. The van der Waals surface area contributed by atoms with E-state index < -0.39 is 6.04 Å². The van der Waals surface area contributed by atoms with E-state index in [1.807, 2.05) is 24.3 Å². The summed E-state index contributed by atoms with van der Waals surface area (Å²) in [5.41, 5.74) is 0.959. The highest BCUT2D eigenvalue weighted by Crippen LogP contribution is 2.24. The molecule has 0 radical (unpaired) electrons. The van der Waals surface area contributed by atoms with E-state index in [-0.39, 0.29) is 11.8 Å². The van der Waals surface area contributed by atoms with Gasteiger partial charge in [-0.1, -0.05) is 29.5 Å². The summed E-state index contributed by atoms with van der Waals surface area (Å²) >= 11 is 1.57. The number of hydrogen-bond donors (Lipinski definition) is 3. The van der Waals surface area contributed by atoms with Crippen molar-refractivity contribution in [3.63, 3.8) is 0 Å². The third-order valence-corrected chi connectivity index (χ3v) is 4.08. The average molecular weight is 332 g/mol. The van der Waals surface area contributed by atoms with Gasteiger partial charge in [0.15, 0.2) is 5.13 Å². The summed E-state index contributed by atoms with van der Waals surface area (Å²) in [4.78, 5) is 27.6. The minimum atomic E-state index is -0.576. The van der Waals surface area contributed by atoms with Gasteiger partial charge >= 0.3 is 0 Å². The number of carbonyl (C=O) groups is 2. The first-order chi connectivity index (χ1) is 11.1. The van der Waals surface area contributed by atoms with Gasteiger partial charge in [-0.3, -0.25) is 9.59 Å². The maximum absolute atomic E-state index is 12.0. The van der Waals surface area contributed by atoms with Gasteiger partial charge in [0, 0.05) is 20.0 Å². The summed E-state index contributed by atoms with van der Waals surface area (Å²) in [5.74, 6) is -0.453. The molecule has 1 heterocycles. The number of hydrogen-bond acceptors (Lipinski definition) is 5. The van der Waals surface area contributed by atoms with Gasteiger partial charge in [0.05, 0.1) is 10.2 Å². The predicted molar refractivity (Wildman–Crippen MR) is 93.5 cm³/mol. The quantitative estimate of drug-likeness (QED) is 0.509. The van der Waals surface area contributed by atoms with Crippen molar-refractivity contribution in [2.45, 2.75) is 19.4 Å². The Labute approximate surface area is 139 Å². The van der Waals surface area contributed by atoms with E-state index in [4.69, 9.17) is 0 Å². The fraction of sp³-hybridized carbons (Fsp3) is 0.312. The number of rotatable bonds is 8. The molecule has 0 unspecified atom stereocenters. The van der Waals surface area contributed by atoms with Crippen molar-refractivity contribution in [1.82, 2.24) is 15.6 Å². The van der Waals surface area contributed by atoms with E-state index >= 15 is 0 Å². The summed E-state index contributed by atoms with van der Waals surface area (Å²) in [7, 11) is 0. The molecule has 2 aromatic rings. The summed E-state index contributed by atoms with van der Waals surface area (Å²) < 4.78 is 1.12. The van der Waals surface area contributed by atoms with Crippen LogP contribution in [0.3, 0.4) is 0 Å². The van der Waals surface area contributed by atoms with Gasteiger partial charge in [-0.15, -0.1) is 6.58 Å². The minimum Gasteiger partial charge on any atom is -0.360 e. The average Bonchev–Trinajstić information content (AvgIpc) is 2.93. The summed E-state index contributed by atoms with van der Waals surface area (Å²) in [5, 5.41) is 9.40. The highest BCUT2D eigenvalue weighted by molar-refractivity contribution is 7.22. The van der Waals surface area contributed by atoms with Crippen molar-refractivity contribution < 1.29 is 9.59 Å². The molecule has 0 aliphatic carbocycles. The third-order valence-electron chi connectivity index (χ3n) is 3.09. The lowest BCUT2D eigenvalue weighted by Gasteiger charge is -2.15. The number of nitrogens with one attached hydrogen (secondary N) is 3. The molecule has 6 nitrogen and oxygen atoms in total. The molecule has 23 heavy (non-hydrogen) atoms. The van der Waals surface area contributed by atoms with Crippen LogP contribution in [0.2, 0.25) is 0 Å². The largest absolute Gasteiger partial charge is 0.360 e. The second-order valence-corrected chi connectivity index (χ2v) is 6.01. The molecule has 2 rings (SSSR count). The van der Waals surface area contributed by atoms with Crippen molar-refractivity contribution in [3.8, 4) is 0 Å². The number of benzene rings is 1. The maximum Gasteiger partial charge on any atom is 0.242 e. The lowest BCUT2D eigenvalue weighted by Crippen LogP contribution is -2.46. The summed E-state index contributed by atoms with van der Waals surface area (Å²) in [6.07, 6.45) is 2.01. The van der Waals surface area contributed by atoms with Gasteiger partial charge in [-0.25, -0.2) is 4.98 Å². The summed E-state index contributed by atoms with van der Waals surface area (Å²) in [6.45, 7) is 5.99. The molecule has 122 valence electrons. The highest BCUT2D eigenvalue weighted by atomic mass is 32.1. The zero-order valence-corrected chi connectivity index (χ0v) is 13.8. The molecule has 1 atom stereocenters. The fourth-order valence-electron chi connectivity index (χ4n) is 2.07. The topological polar surface area (TPSA) is 83.1 Å². The molecule has 1 aromatic carbocycles. The van der Waals surface area contributed by atoms with Crippen LogP contribution in [0.5, 0.6) is 0 Å². The van der Waals surface area contributed by atoms with E-state index in [1.165, 1.54) is 6.92 Å². The molecule has 0 bridgehead atoms. The number of para-hydroxylation sites is 1. The number of aromatic nitrogens is 1. The first-order valence-corrected chi connectivity index (χ1v) is 8.17. The van der Waals surface area contributed by atoms with Crippen molar-refractivity contribution in [2.75, 3.05) is 18.4 Å². The molecule has 0 saturated carbocycles. The molecule has 0 fully saturated rings. The zero-order chi connectivity index (χ0) is 16.7. The Kier molecular flexibility index (Phi) is 6.10. The fourth-order valence-corrected chi connectivity index (χ4v) is 2.96. The van der Waals surface area contributed by atoms with Gasteiger partial charge < -0.3 is 16.0 Å². The Morgan fingerprint density at radius 3 is 2.83 bits per heavy atom. The molecule has 0 aliphatic rings. The van der Waals surface area contributed by atoms with Crippen LogP contribution < -0.4 is 16.0 Å². The first kappa shape index (κ1) is 17.0. The van der Waals surface area contributed by atoms with E-state index in [1.54, 1.807) is 17.4 Å². The van der Waals surface area contributed by atoms with Crippen molar-refractivity contribution >= 4 is 38.5 Å². The van der Waals surface area contributed by atoms with Gasteiger partial charge in [0.2, 0.25) is 11.8 Å². The Morgan fingerprint density at radius 2 is 2.13 bits per heavy atom. The predicted octanol–water partition coefficient (Wildman–Crippen LogP) is 1.91. The Balaban J connectivity index is 1.78.